The molecule has 9 heteroatoms. The second kappa shape index (κ2) is 9.94. The smallest absolute Gasteiger partial charge is 0.325 e. The number of methoxy groups -OCH3 is 1. The molecule has 1 saturated carbocycles. The first-order valence-corrected chi connectivity index (χ1v) is 8.59. The van der Waals surface area contributed by atoms with Gasteiger partial charge in [-0.15, -0.1) is 12.4 Å². The van der Waals surface area contributed by atoms with Gasteiger partial charge < -0.3 is 20.7 Å². The van der Waals surface area contributed by atoms with Crippen LogP contribution in [0, 0.1) is 5.92 Å². The highest BCUT2D eigenvalue weighted by molar-refractivity contribution is 6.09. The zero-order valence-electron chi connectivity index (χ0n) is 14.9. The third kappa shape index (κ3) is 5.55. The molecule has 0 radical (unpaired) electrons. The Kier molecular flexibility index (Phi) is 8.61. The van der Waals surface area contributed by atoms with Gasteiger partial charge in [-0.05, 0) is 31.6 Å². The number of amides is 4. The zero-order valence-corrected chi connectivity index (χ0v) is 15.7. The molecule has 144 valence electrons. The summed E-state index contributed by atoms with van der Waals surface area (Å²) in [5.41, 5.74) is -0.786. The molecule has 25 heavy (non-hydrogen) atoms. The van der Waals surface area contributed by atoms with E-state index in [1.54, 1.807) is 7.11 Å². The molecule has 4 amide bonds. The van der Waals surface area contributed by atoms with Crippen molar-refractivity contribution in [2.45, 2.75) is 38.1 Å². The molecule has 1 spiro atoms. The van der Waals surface area contributed by atoms with Gasteiger partial charge in [-0.1, -0.05) is 6.92 Å². The third-order valence-corrected chi connectivity index (χ3v) is 4.78. The van der Waals surface area contributed by atoms with E-state index in [1.807, 2.05) is 0 Å². The molecular formula is C16H29ClN4O4. The number of hydrogen-bond donors (Lipinski definition) is 3. The van der Waals surface area contributed by atoms with Crippen LogP contribution in [0.25, 0.3) is 0 Å². The number of rotatable bonds is 8. The maximum absolute atomic E-state index is 12.6. The van der Waals surface area contributed by atoms with Crippen LogP contribution in [-0.2, 0) is 14.3 Å². The summed E-state index contributed by atoms with van der Waals surface area (Å²) in [5.74, 6) is -0.00989. The molecule has 0 unspecified atom stereocenters. The first-order chi connectivity index (χ1) is 11.5. The van der Waals surface area contributed by atoms with Gasteiger partial charge in [-0.2, -0.15) is 0 Å². The van der Waals surface area contributed by atoms with Crippen molar-refractivity contribution in [2.24, 2.45) is 5.92 Å². The van der Waals surface area contributed by atoms with Crippen molar-refractivity contribution in [3.05, 3.63) is 0 Å². The van der Waals surface area contributed by atoms with Crippen LogP contribution in [0.5, 0.6) is 0 Å². The molecule has 1 aliphatic heterocycles. The van der Waals surface area contributed by atoms with Crippen LogP contribution in [0.2, 0.25) is 0 Å². The van der Waals surface area contributed by atoms with E-state index in [4.69, 9.17) is 4.74 Å². The predicted octanol–water partition coefficient (Wildman–Crippen LogP) is 0.261. The fourth-order valence-electron chi connectivity index (χ4n) is 3.20. The summed E-state index contributed by atoms with van der Waals surface area (Å²) in [6.07, 6.45) is 3.14. The van der Waals surface area contributed by atoms with E-state index in [0.29, 0.717) is 45.0 Å². The molecule has 2 rings (SSSR count). The van der Waals surface area contributed by atoms with Crippen LogP contribution >= 0.6 is 12.4 Å². The van der Waals surface area contributed by atoms with Gasteiger partial charge in [0.2, 0.25) is 5.91 Å². The zero-order chi connectivity index (χ0) is 17.6. The van der Waals surface area contributed by atoms with Crippen LogP contribution < -0.4 is 16.0 Å². The van der Waals surface area contributed by atoms with Crippen LogP contribution in [0.1, 0.15) is 32.6 Å². The van der Waals surface area contributed by atoms with Gasteiger partial charge in [-0.25, -0.2) is 4.79 Å². The highest BCUT2D eigenvalue weighted by Gasteiger charge is 2.52. The van der Waals surface area contributed by atoms with Crippen LogP contribution in [0.15, 0.2) is 0 Å². The number of imide groups is 1. The highest BCUT2D eigenvalue weighted by atomic mass is 35.5. The van der Waals surface area contributed by atoms with Crippen LogP contribution in [0.4, 0.5) is 4.79 Å². The average Bonchev–Trinajstić information content (AvgIpc) is 2.78. The SMILES string of the molecule is COCCNCCNC(=O)CN1C(=O)NC2(CCC(C)CC2)C1=O.Cl. The van der Waals surface area contributed by atoms with E-state index < -0.39 is 11.6 Å². The molecule has 8 nitrogen and oxygen atoms in total. The third-order valence-electron chi connectivity index (χ3n) is 4.78. The number of carbonyl (C=O) groups is 3. The quantitative estimate of drug-likeness (QED) is 0.417. The lowest BCUT2D eigenvalue weighted by atomic mass is 9.77. The molecular weight excluding hydrogens is 348 g/mol. The molecule has 1 aliphatic carbocycles. The van der Waals surface area contributed by atoms with E-state index in [2.05, 4.69) is 22.9 Å². The van der Waals surface area contributed by atoms with Crippen molar-refractivity contribution >= 4 is 30.3 Å². The summed E-state index contributed by atoms with van der Waals surface area (Å²) in [5, 5.41) is 8.63. The standard InChI is InChI=1S/C16H28N4O4.ClH/c1-12-3-5-16(6-4-12)14(22)20(15(23)19-16)11-13(21)18-8-7-17-9-10-24-2;/h12,17H,3-11H2,1-2H3,(H,18,21)(H,19,23);1H. The van der Waals surface area contributed by atoms with E-state index in [9.17, 15) is 14.4 Å². The van der Waals surface area contributed by atoms with Crippen LogP contribution in [0.3, 0.4) is 0 Å². The second-order valence-electron chi connectivity index (χ2n) is 6.68. The predicted molar refractivity (Wildman–Crippen MR) is 95.6 cm³/mol. The molecule has 2 aliphatic rings. The minimum absolute atomic E-state index is 0. The molecule has 0 aromatic carbocycles. The molecule has 3 N–H and O–H groups in total. The Labute approximate surface area is 154 Å². The number of carbonyl (C=O) groups excluding carboxylic acids is 3. The molecule has 1 heterocycles. The molecule has 0 bridgehead atoms. The summed E-state index contributed by atoms with van der Waals surface area (Å²) in [6.45, 7) is 4.30. The van der Waals surface area contributed by atoms with E-state index in [-0.39, 0.29) is 30.8 Å². The van der Waals surface area contributed by atoms with Gasteiger partial charge >= 0.3 is 6.03 Å². The first-order valence-electron chi connectivity index (χ1n) is 8.59. The van der Waals surface area contributed by atoms with Crippen LogP contribution in [-0.4, -0.2) is 68.2 Å². The minimum atomic E-state index is -0.786. The Morgan fingerprint density at radius 1 is 1.28 bits per heavy atom. The summed E-state index contributed by atoms with van der Waals surface area (Å²) in [4.78, 5) is 37.7. The van der Waals surface area contributed by atoms with Gasteiger partial charge in [0.05, 0.1) is 6.61 Å². The van der Waals surface area contributed by atoms with Gasteiger partial charge in [0, 0.05) is 26.7 Å². The molecule has 0 atom stereocenters. The first kappa shape index (κ1) is 21.7. The minimum Gasteiger partial charge on any atom is -0.383 e. The summed E-state index contributed by atoms with van der Waals surface area (Å²) in [6, 6.07) is -0.456. The monoisotopic (exact) mass is 376 g/mol. The number of nitrogens with one attached hydrogen (secondary N) is 3. The fraction of sp³-hybridized carbons (Fsp3) is 0.812. The lowest BCUT2D eigenvalue weighted by molar-refractivity contribution is -0.136. The summed E-state index contributed by atoms with van der Waals surface area (Å²) in [7, 11) is 1.63. The van der Waals surface area contributed by atoms with E-state index >= 15 is 0 Å². The van der Waals surface area contributed by atoms with Gasteiger partial charge in [0.1, 0.15) is 12.1 Å². The van der Waals surface area contributed by atoms with Gasteiger partial charge in [-0.3, -0.25) is 14.5 Å². The lowest BCUT2D eigenvalue weighted by Crippen LogP contribution is -2.50. The largest absolute Gasteiger partial charge is 0.383 e. The Balaban J connectivity index is 0.00000312. The lowest BCUT2D eigenvalue weighted by Gasteiger charge is -2.33. The Morgan fingerprint density at radius 3 is 2.60 bits per heavy atom. The van der Waals surface area contributed by atoms with Crippen molar-refractivity contribution in [1.82, 2.24) is 20.9 Å². The molecule has 1 saturated heterocycles. The van der Waals surface area contributed by atoms with E-state index in [1.165, 1.54) is 0 Å². The molecule has 2 fully saturated rings. The molecule has 0 aromatic rings. The normalized spacial score (nSPS) is 25.7. The van der Waals surface area contributed by atoms with Crippen molar-refractivity contribution in [3.8, 4) is 0 Å². The topological polar surface area (TPSA) is 99.8 Å². The van der Waals surface area contributed by atoms with Crippen molar-refractivity contribution in [3.63, 3.8) is 0 Å². The Hall–Kier alpha value is -1.38. The van der Waals surface area contributed by atoms with Crippen molar-refractivity contribution in [1.29, 1.82) is 0 Å². The Bertz CT molecular complexity index is 481. The molecule has 0 aromatic heterocycles. The number of hydrogen-bond acceptors (Lipinski definition) is 5. The maximum atomic E-state index is 12.6. The second-order valence-corrected chi connectivity index (χ2v) is 6.68. The van der Waals surface area contributed by atoms with E-state index in [0.717, 1.165) is 17.7 Å². The number of halogens is 1. The Morgan fingerprint density at radius 2 is 1.96 bits per heavy atom. The van der Waals surface area contributed by atoms with Crippen molar-refractivity contribution in [2.75, 3.05) is 39.9 Å². The van der Waals surface area contributed by atoms with Crippen molar-refractivity contribution < 1.29 is 19.1 Å². The number of urea groups is 1. The number of ether oxygens (including phenoxy) is 1. The van der Waals surface area contributed by atoms with Gasteiger partial charge in [0.25, 0.3) is 5.91 Å². The fourth-order valence-corrected chi connectivity index (χ4v) is 3.20. The highest BCUT2D eigenvalue weighted by Crippen LogP contribution is 2.36. The number of nitrogens with zero attached hydrogens (tertiary/aromatic N) is 1. The van der Waals surface area contributed by atoms with Gasteiger partial charge in [0.15, 0.2) is 0 Å². The average molecular weight is 377 g/mol. The summed E-state index contributed by atoms with van der Waals surface area (Å²) < 4.78 is 4.90. The summed E-state index contributed by atoms with van der Waals surface area (Å²) >= 11 is 0. The maximum Gasteiger partial charge on any atom is 0.325 e.